The number of aliphatic hydroxyl groups excluding tert-OH is 2. The topological polar surface area (TPSA) is 225 Å². The number of hydrogen-bond acceptors (Lipinski definition) is 16. The highest BCUT2D eigenvalue weighted by molar-refractivity contribution is 5.77. The lowest BCUT2D eigenvalue weighted by atomic mass is 9.93. The Bertz CT molecular complexity index is 3250. The van der Waals surface area contributed by atoms with Crippen molar-refractivity contribution in [3.8, 4) is 0 Å². The van der Waals surface area contributed by atoms with E-state index in [1.165, 1.54) is 205 Å². The van der Waals surface area contributed by atoms with Gasteiger partial charge in [0.15, 0.2) is 25.0 Å². The van der Waals surface area contributed by atoms with E-state index in [0.29, 0.717) is 32.5 Å². The first kappa shape index (κ1) is 105. The van der Waals surface area contributed by atoms with E-state index in [4.69, 9.17) is 47.4 Å². The van der Waals surface area contributed by atoms with Gasteiger partial charge in [0, 0.05) is 30.7 Å². The zero-order valence-corrected chi connectivity index (χ0v) is 77.7. The molecule has 2 amide bonds. The summed E-state index contributed by atoms with van der Waals surface area (Å²) in [5, 5.41) is 31.9. The number of aliphatic hydroxyl groups is 2. The van der Waals surface area contributed by atoms with E-state index in [1.54, 1.807) is 0 Å². The highest BCUT2D eigenvalue weighted by Gasteiger charge is 2.53. The van der Waals surface area contributed by atoms with Gasteiger partial charge in [-0.15, -0.1) is 0 Å². The normalized spacial score (nSPS) is 20.9. The summed E-state index contributed by atoms with van der Waals surface area (Å²) in [6.45, 7) is 9.71. The minimum atomic E-state index is -1.78. The molecule has 0 aliphatic carbocycles. The second-order valence-electron chi connectivity index (χ2n) is 36.4. The third-order valence-electron chi connectivity index (χ3n) is 25.4. The minimum Gasteiger partial charge on any atom is -0.465 e. The van der Waals surface area contributed by atoms with Gasteiger partial charge in [0.2, 0.25) is 11.8 Å². The summed E-state index contributed by atoms with van der Waals surface area (Å²) in [6.07, 6.45) is 45.3. The number of benzene rings is 4. The number of carbonyl (C=O) groups is 4. The number of carbonyl (C=O) groups excluding carboxylic acids is 4. The summed E-state index contributed by atoms with van der Waals surface area (Å²) in [5.74, 6) is -2.15. The molecule has 18 heteroatoms. The standard InChI is InChI=1S/C106H170N2O16/c1-5-9-13-17-21-25-29-30-34-38-42-46-62-74-96(111)117-82-89(70-52-44-40-36-32-27-23-19-15-11-7-3)76-94(109)107-98-100(113)101-92(83-119-105(124-101)90-71-59-50-60-72-90)122-106(98)120-84-93-102(118-81-87-67-57-49-58-68-87)103(123-97(112)77-91(116-80-86-65-55-48-56-66-86)73-61-45-41-37-33-28-24-20-16-12-8-4)99(104(114)121-93)108-95(110)75-88(79-115-78-85-63-53-47-54-64-85)69-51-43-39-35-31-26-22-18-14-10-6-2/h47-50,53-60,63-68,71-72,88-89,91-93,98-106,113-114H,5-46,51-52,61-62,69-70,73-84H2,1-4H3,(H,107,109)(H,108,110)/t88-,89-,91-,92-,93-,98-,99-,100-,101-,102-,103-,104+,105?,106-/m1/s1. The van der Waals surface area contributed by atoms with Crippen molar-refractivity contribution < 1.29 is 76.8 Å². The number of unbranched alkanes of at least 4 members (excludes halogenated alkanes) is 42. The van der Waals surface area contributed by atoms with E-state index in [9.17, 15) is 15.0 Å². The van der Waals surface area contributed by atoms with Crippen LogP contribution in [0.2, 0.25) is 0 Å². The van der Waals surface area contributed by atoms with Crippen molar-refractivity contribution in [3.63, 3.8) is 0 Å². The lowest BCUT2D eigenvalue weighted by molar-refractivity contribution is -0.350. The van der Waals surface area contributed by atoms with Gasteiger partial charge in [-0.2, -0.15) is 0 Å². The smallest absolute Gasteiger partial charge is 0.308 e. The van der Waals surface area contributed by atoms with Crippen molar-refractivity contribution in [1.29, 1.82) is 0 Å². The molecule has 124 heavy (non-hydrogen) atoms. The van der Waals surface area contributed by atoms with Crippen LogP contribution in [0.3, 0.4) is 0 Å². The van der Waals surface area contributed by atoms with E-state index in [-0.39, 0.29) is 69.4 Å². The summed E-state index contributed by atoms with van der Waals surface area (Å²) in [7, 11) is 0. The Morgan fingerprint density at radius 2 is 0.806 bits per heavy atom. The monoisotopic (exact) mass is 1730 g/mol. The van der Waals surface area contributed by atoms with Crippen molar-refractivity contribution in [2.75, 3.05) is 26.4 Å². The Balaban J connectivity index is 1.13. The quantitative estimate of drug-likeness (QED) is 0.0238. The van der Waals surface area contributed by atoms with Crippen LogP contribution in [-0.2, 0) is 86.4 Å². The molecule has 3 heterocycles. The van der Waals surface area contributed by atoms with Crippen molar-refractivity contribution in [2.45, 2.75) is 462 Å². The van der Waals surface area contributed by atoms with E-state index in [1.807, 2.05) is 121 Å². The first-order valence-electron chi connectivity index (χ1n) is 50.4. The number of esters is 2. The molecule has 4 N–H and O–H groups in total. The summed E-state index contributed by atoms with van der Waals surface area (Å²) in [6, 6.07) is 36.4. The second-order valence-corrected chi connectivity index (χ2v) is 36.4. The van der Waals surface area contributed by atoms with Crippen molar-refractivity contribution >= 4 is 23.8 Å². The molecule has 700 valence electrons. The maximum Gasteiger partial charge on any atom is 0.308 e. The summed E-state index contributed by atoms with van der Waals surface area (Å²) in [5.41, 5.74) is 3.54. The fourth-order valence-corrected chi connectivity index (χ4v) is 17.8. The number of amides is 2. The molecule has 3 saturated heterocycles. The predicted molar refractivity (Wildman–Crippen MR) is 497 cm³/mol. The molecule has 0 bridgehead atoms. The van der Waals surface area contributed by atoms with E-state index in [0.717, 1.165) is 119 Å². The van der Waals surface area contributed by atoms with Gasteiger partial charge in [-0.3, -0.25) is 19.2 Å². The third-order valence-corrected chi connectivity index (χ3v) is 25.4. The van der Waals surface area contributed by atoms with Crippen LogP contribution in [0.25, 0.3) is 0 Å². The maximum atomic E-state index is 15.3. The average Bonchev–Trinajstić information content (AvgIpc) is 0.774. The SMILES string of the molecule is CCCCCCCCCCCCCCCC(=O)OC[C@H](CCCCCCCCCCCCC)CC(=O)N[C@H]1[C@H](OC[C@H]2O[C@H](O)[C@H](NC(=O)C[C@@H](CCCCCCCCCCCCC)COCc3ccccc3)[C@@H](OC(=O)C[C@@H](CCCCCCCCCCCCC)OCc3ccccc3)[C@@H]2OCc2ccccc2)O[C@@H]2COC(c3ccccc3)O[C@H]2[C@@H]1O. The van der Waals surface area contributed by atoms with Gasteiger partial charge in [-0.05, 0) is 48.3 Å². The van der Waals surface area contributed by atoms with Crippen LogP contribution in [0.5, 0.6) is 0 Å². The van der Waals surface area contributed by atoms with Crippen LogP contribution in [0, 0.1) is 11.8 Å². The van der Waals surface area contributed by atoms with Crippen molar-refractivity contribution in [2.24, 2.45) is 11.8 Å². The fraction of sp³-hybridized carbons (Fsp3) is 0.736. The molecule has 14 atom stereocenters. The number of rotatable bonds is 75. The molecule has 1 unspecified atom stereocenters. The van der Waals surface area contributed by atoms with Gasteiger partial charge >= 0.3 is 11.9 Å². The van der Waals surface area contributed by atoms with Gasteiger partial charge in [0.25, 0.3) is 0 Å². The van der Waals surface area contributed by atoms with Crippen LogP contribution in [-0.4, -0.2) is 128 Å². The first-order chi connectivity index (χ1) is 60.9. The number of hydrogen-bond donors (Lipinski definition) is 4. The molecule has 3 aliphatic heterocycles. The maximum absolute atomic E-state index is 15.3. The summed E-state index contributed by atoms with van der Waals surface area (Å²) in [4.78, 5) is 59.0. The number of ether oxygens (including phenoxy) is 10. The Hall–Kier alpha value is -5.64. The average molecular weight is 1730 g/mol. The van der Waals surface area contributed by atoms with Gasteiger partial charge in [0.1, 0.15) is 42.6 Å². The summed E-state index contributed by atoms with van der Waals surface area (Å²) < 4.78 is 66.3. The molecule has 0 aromatic heterocycles. The van der Waals surface area contributed by atoms with Gasteiger partial charge in [-0.1, -0.05) is 438 Å². The van der Waals surface area contributed by atoms with Crippen LogP contribution in [0.15, 0.2) is 121 Å². The Morgan fingerprint density at radius 3 is 1.27 bits per heavy atom. The van der Waals surface area contributed by atoms with Crippen LogP contribution in [0.4, 0.5) is 0 Å². The molecule has 0 saturated carbocycles. The molecule has 4 aromatic rings. The van der Waals surface area contributed by atoms with Crippen molar-refractivity contribution in [3.05, 3.63) is 144 Å². The highest BCUT2D eigenvalue weighted by Crippen LogP contribution is 2.37. The van der Waals surface area contributed by atoms with E-state index < -0.39 is 92.2 Å². The Kier molecular flexibility index (Phi) is 58.2. The largest absolute Gasteiger partial charge is 0.465 e. The fourth-order valence-electron chi connectivity index (χ4n) is 17.8. The Morgan fingerprint density at radius 1 is 0.403 bits per heavy atom. The number of nitrogens with one attached hydrogen (secondary N) is 2. The Labute approximate surface area is 750 Å². The molecule has 0 spiro atoms. The van der Waals surface area contributed by atoms with Gasteiger partial charge in [0.05, 0.1) is 58.8 Å². The second kappa shape index (κ2) is 68.5. The zero-order chi connectivity index (χ0) is 87.8. The van der Waals surface area contributed by atoms with Crippen LogP contribution in [0.1, 0.15) is 397 Å². The van der Waals surface area contributed by atoms with E-state index in [2.05, 4.69) is 38.3 Å². The van der Waals surface area contributed by atoms with Crippen LogP contribution >= 0.6 is 0 Å². The molecule has 4 aromatic carbocycles. The lowest BCUT2D eigenvalue weighted by Gasteiger charge is -2.48. The molecule has 7 rings (SSSR count). The number of fused-ring (bicyclic) bond motifs is 1. The van der Waals surface area contributed by atoms with E-state index >= 15 is 14.4 Å². The minimum absolute atomic E-state index is 0.00299. The van der Waals surface area contributed by atoms with Gasteiger partial charge < -0.3 is 68.2 Å². The molecule has 3 fully saturated rings. The van der Waals surface area contributed by atoms with Gasteiger partial charge in [-0.25, -0.2) is 0 Å². The molecular weight excluding hydrogens is 1560 g/mol. The molecular formula is C106H170N2O16. The lowest BCUT2D eigenvalue weighted by Crippen LogP contribution is -2.68. The molecule has 0 radical (unpaired) electrons. The zero-order valence-electron chi connectivity index (χ0n) is 77.7. The summed E-state index contributed by atoms with van der Waals surface area (Å²) >= 11 is 0. The highest BCUT2D eigenvalue weighted by atomic mass is 16.8. The van der Waals surface area contributed by atoms with Crippen molar-refractivity contribution in [1.82, 2.24) is 10.6 Å². The van der Waals surface area contributed by atoms with Crippen LogP contribution < -0.4 is 10.6 Å². The third kappa shape index (κ3) is 46.1. The molecule has 18 nitrogen and oxygen atoms in total. The molecule has 3 aliphatic rings. The first-order valence-corrected chi connectivity index (χ1v) is 50.4. The predicted octanol–water partition coefficient (Wildman–Crippen LogP) is 24.7.